The summed E-state index contributed by atoms with van der Waals surface area (Å²) < 4.78 is 0. The van der Waals surface area contributed by atoms with Crippen molar-refractivity contribution in [3.05, 3.63) is 11.9 Å². The minimum absolute atomic E-state index is 0.248. The Morgan fingerprint density at radius 3 is 1.95 bits per heavy atom. The van der Waals surface area contributed by atoms with Gasteiger partial charge in [0.05, 0.1) is 19.8 Å². The average molecular weight is 298 g/mol. The molecule has 1 heterocycles. The van der Waals surface area contributed by atoms with Gasteiger partial charge in [-0.3, -0.25) is 0 Å². The molecule has 0 saturated carbocycles. The second-order valence-electron chi connectivity index (χ2n) is 6.12. The van der Waals surface area contributed by atoms with Crippen LogP contribution in [-0.4, -0.2) is 57.2 Å². The Bertz CT molecular complexity index is 448. The molecule has 7 heteroatoms. The molecular weight excluding hydrogens is 272 g/mol. The highest BCUT2D eigenvalue weighted by molar-refractivity contribution is 5.49. The zero-order valence-electron chi connectivity index (χ0n) is 13.1. The van der Waals surface area contributed by atoms with Crippen molar-refractivity contribution in [2.45, 2.75) is 38.6 Å². The molecule has 0 radical (unpaired) electrons. The number of nitrogens with zero attached hydrogens (tertiary/aromatic N) is 2. The van der Waals surface area contributed by atoms with Crippen LogP contribution in [0.25, 0.3) is 0 Å². The van der Waals surface area contributed by atoms with Crippen LogP contribution in [0.1, 0.15) is 33.5 Å². The number of hydrogen-bond donors (Lipinski definition) is 5. The third kappa shape index (κ3) is 4.52. The van der Waals surface area contributed by atoms with Gasteiger partial charge in [-0.05, 0) is 6.92 Å². The number of anilines is 2. The third-order valence-corrected chi connectivity index (χ3v) is 3.06. The summed E-state index contributed by atoms with van der Waals surface area (Å²) in [4.78, 5) is 8.87. The summed E-state index contributed by atoms with van der Waals surface area (Å²) in [7, 11) is 0. The second kappa shape index (κ2) is 7.02. The Morgan fingerprint density at radius 2 is 1.52 bits per heavy atom. The summed E-state index contributed by atoms with van der Waals surface area (Å²) in [6.45, 7) is 7.44. The zero-order chi connectivity index (χ0) is 16.1. The Morgan fingerprint density at radius 1 is 1.00 bits per heavy atom. The molecule has 120 valence electrons. The van der Waals surface area contributed by atoms with E-state index in [-0.39, 0.29) is 5.41 Å². The quantitative estimate of drug-likeness (QED) is 0.493. The molecule has 1 aromatic rings. The van der Waals surface area contributed by atoms with Crippen LogP contribution in [0.5, 0.6) is 0 Å². The lowest BCUT2D eigenvalue weighted by Gasteiger charge is -2.30. The molecule has 7 nitrogen and oxygen atoms in total. The zero-order valence-corrected chi connectivity index (χ0v) is 13.1. The first-order valence-electron chi connectivity index (χ1n) is 7.04. The van der Waals surface area contributed by atoms with Crippen molar-refractivity contribution in [2.24, 2.45) is 0 Å². The third-order valence-electron chi connectivity index (χ3n) is 3.06. The molecular formula is C14H26N4O3. The smallest absolute Gasteiger partial charge is 0.138 e. The number of aliphatic hydroxyl groups excluding tert-OH is 3. The topological polar surface area (TPSA) is 111 Å². The predicted octanol–water partition coefficient (Wildman–Crippen LogP) is 0.333. The molecule has 1 aromatic heterocycles. The van der Waals surface area contributed by atoms with Gasteiger partial charge < -0.3 is 26.0 Å². The first kappa shape index (κ1) is 17.6. The highest BCUT2D eigenvalue weighted by Gasteiger charge is 2.29. The number of rotatable bonds is 7. The summed E-state index contributed by atoms with van der Waals surface area (Å²) in [6, 6.07) is 1.69. The van der Waals surface area contributed by atoms with Gasteiger partial charge in [-0.25, -0.2) is 9.97 Å². The summed E-state index contributed by atoms with van der Waals surface area (Å²) in [6.07, 6.45) is 0. The molecule has 0 aliphatic carbocycles. The molecule has 1 rings (SSSR count). The van der Waals surface area contributed by atoms with E-state index in [1.165, 1.54) is 0 Å². The van der Waals surface area contributed by atoms with Gasteiger partial charge in [-0.1, -0.05) is 20.8 Å². The van der Waals surface area contributed by atoms with Crippen molar-refractivity contribution in [1.82, 2.24) is 9.97 Å². The van der Waals surface area contributed by atoms with Crippen molar-refractivity contribution < 1.29 is 15.3 Å². The summed E-state index contributed by atoms with van der Waals surface area (Å²) in [5.41, 5.74) is -1.46. The van der Waals surface area contributed by atoms with E-state index in [0.717, 1.165) is 0 Å². The maximum absolute atomic E-state index is 9.40. The Kier molecular flexibility index (Phi) is 5.88. The molecule has 0 amide bonds. The van der Waals surface area contributed by atoms with Gasteiger partial charge in [-0.2, -0.15) is 0 Å². The van der Waals surface area contributed by atoms with E-state index >= 15 is 0 Å². The van der Waals surface area contributed by atoms with Crippen LogP contribution in [-0.2, 0) is 5.41 Å². The van der Waals surface area contributed by atoms with E-state index < -0.39 is 25.4 Å². The molecule has 0 unspecified atom stereocenters. The maximum atomic E-state index is 9.40. The lowest BCUT2D eigenvalue weighted by atomic mass is 9.95. The molecule has 21 heavy (non-hydrogen) atoms. The molecule has 0 aliphatic heterocycles. The standard InChI is InChI=1S/C14H26N4O3/c1-5-15-10-6-11(17-12(16-10)13(2,3)4)18-14(7-19,8-20)9-21/h6,19-21H,5,7-9H2,1-4H3,(H2,15,16,17,18). The van der Waals surface area contributed by atoms with E-state index in [0.29, 0.717) is 24.0 Å². The SMILES string of the molecule is CCNc1cc(NC(CO)(CO)CO)nc(C(C)(C)C)n1. The number of hydrogen-bond acceptors (Lipinski definition) is 7. The fraction of sp³-hybridized carbons (Fsp3) is 0.714. The highest BCUT2D eigenvalue weighted by Crippen LogP contribution is 2.23. The van der Waals surface area contributed by atoms with Gasteiger partial charge >= 0.3 is 0 Å². The van der Waals surface area contributed by atoms with Crippen molar-refractivity contribution in [3.8, 4) is 0 Å². The van der Waals surface area contributed by atoms with Crippen LogP contribution in [0.2, 0.25) is 0 Å². The van der Waals surface area contributed by atoms with Crippen molar-refractivity contribution in [3.63, 3.8) is 0 Å². The minimum Gasteiger partial charge on any atom is -0.394 e. The minimum atomic E-state index is -1.22. The molecule has 5 N–H and O–H groups in total. The van der Waals surface area contributed by atoms with Crippen LogP contribution in [0.4, 0.5) is 11.6 Å². The van der Waals surface area contributed by atoms with Crippen LogP contribution < -0.4 is 10.6 Å². The van der Waals surface area contributed by atoms with Gasteiger partial charge in [0.2, 0.25) is 0 Å². The first-order valence-corrected chi connectivity index (χ1v) is 7.04. The number of aliphatic hydroxyl groups is 3. The molecule has 0 saturated heterocycles. The van der Waals surface area contributed by atoms with Gasteiger partial charge in [-0.15, -0.1) is 0 Å². The van der Waals surface area contributed by atoms with Crippen LogP contribution in [0.15, 0.2) is 6.07 Å². The summed E-state index contributed by atoms with van der Waals surface area (Å²) >= 11 is 0. The van der Waals surface area contributed by atoms with Crippen molar-refractivity contribution in [2.75, 3.05) is 37.0 Å². The molecule has 0 bridgehead atoms. The fourth-order valence-electron chi connectivity index (χ4n) is 1.66. The highest BCUT2D eigenvalue weighted by atomic mass is 16.3. The molecule has 0 aromatic carbocycles. The Hall–Kier alpha value is -1.44. The molecule has 0 atom stereocenters. The maximum Gasteiger partial charge on any atom is 0.138 e. The van der Waals surface area contributed by atoms with Gasteiger partial charge in [0.25, 0.3) is 0 Å². The van der Waals surface area contributed by atoms with Gasteiger partial charge in [0.15, 0.2) is 0 Å². The van der Waals surface area contributed by atoms with E-state index in [1.807, 2.05) is 27.7 Å². The van der Waals surface area contributed by atoms with E-state index in [1.54, 1.807) is 6.07 Å². The van der Waals surface area contributed by atoms with Crippen LogP contribution >= 0.6 is 0 Å². The average Bonchev–Trinajstić information content (AvgIpc) is 2.44. The molecule has 0 fully saturated rings. The molecule has 0 aliphatic rings. The predicted molar refractivity (Wildman–Crippen MR) is 82.5 cm³/mol. The van der Waals surface area contributed by atoms with Crippen LogP contribution in [0.3, 0.4) is 0 Å². The summed E-state index contributed by atoms with van der Waals surface area (Å²) in [5, 5.41) is 34.2. The fourth-order valence-corrected chi connectivity index (χ4v) is 1.66. The second-order valence-corrected chi connectivity index (χ2v) is 6.12. The normalized spacial score (nSPS) is 12.3. The monoisotopic (exact) mass is 298 g/mol. The van der Waals surface area contributed by atoms with E-state index in [2.05, 4.69) is 20.6 Å². The Labute approximate surface area is 125 Å². The number of nitrogens with one attached hydrogen (secondary N) is 2. The lowest BCUT2D eigenvalue weighted by Crippen LogP contribution is -2.49. The summed E-state index contributed by atoms with van der Waals surface area (Å²) in [5.74, 6) is 1.73. The number of aromatic nitrogens is 2. The van der Waals surface area contributed by atoms with Crippen molar-refractivity contribution >= 4 is 11.6 Å². The van der Waals surface area contributed by atoms with Crippen LogP contribution in [0, 0.1) is 0 Å². The van der Waals surface area contributed by atoms with Gasteiger partial charge in [0, 0.05) is 18.0 Å². The van der Waals surface area contributed by atoms with Gasteiger partial charge in [0.1, 0.15) is 23.0 Å². The Balaban J connectivity index is 3.19. The largest absolute Gasteiger partial charge is 0.394 e. The van der Waals surface area contributed by atoms with Crippen molar-refractivity contribution in [1.29, 1.82) is 0 Å². The first-order chi connectivity index (χ1) is 9.80. The van der Waals surface area contributed by atoms with E-state index in [9.17, 15) is 15.3 Å². The van der Waals surface area contributed by atoms with E-state index in [4.69, 9.17) is 0 Å². The lowest BCUT2D eigenvalue weighted by molar-refractivity contribution is 0.0830. The molecule has 0 spiro atoms.